The summed E-state index contributed by atoms with van der Waals surface area (Å²) in [4.78, 5) is 9.03. The summed E-state index contributed by atoms with van der Waals surface area (Å²) in [5.41, 5.74) is 2.51. The summed E-state index contributed by atoms with van der Waals surface area (Å²) >= 11 is 0. The molecule has 0 amide bonds. The number of benzene rings is 2. The maximum Gasteiger partial charge on any atom is 0.416 e. The van der Waals surface area contributed by atoms with Crippen molar-refractivity contribution in [2.45, 2.75) is 25.6 Å². The zero-order valence-corrected chi connectivity index (χ0v) is 18.9. The summed E-state index contributed by atoms with van der Waals surface area (Å²) in [6, 6.07) is 12.3. The molecule has 0 saturated heterocycles. The van der Waals surface area contributed by atoms with Crippen LogP contribution in [0.1, 0.15) is 35.5 Å². The van der Waals surface area contributed by atoms with E-state index in [-0.39, 0.29) is 6.04 Å². The van der Waals surface area contributed by atoms with E-state index in [1.165, 1.54) is 12.1 Å². The number of aromatic nitrogens is 4. The molecule has 0 aliphatic rings. The molecule has 9 heteroatoms. The first-order valence-corrected chi connectivity index (χ1v) is 10.5. The molecule has 2 heterocycles. The van der Waals surface area contributed by atoms with Gasteiger partial charge in [0.25, 0.3) is 0 Å². The Kier molecular flexibility index (Phi) is 6.54. The number of hydrogen-bond acceptors (Lipinski definition) is 5. The van der Waals surface area contributed by atoms with Crippen molar-refractivity contribution in [2.24, 2.45) is 0 Å². The lowest BCUT2D eigenvalue weighted by atomic mass is 10.1. The molecule has 176 valence electrons. The van der Waals surface area contributed by atoms with Crippen LogP contribution in [0.5, 0.6) is 11.5 Å². The van der Waals surface area contributed by atoms with Crippen LogP contribution < -0.4 is 9.47 Å². The molecule has 0 saturated carbocycles. The summed E-state index contributed by atoms with van der Waals surface area (Å²) in [5.74, 6) is 1.92. The molecule has 1 atom stereocenters. The Bertz CT molecular complexity index is 1270. The number of hydrogen-bond donors (Lipinski definition) is 0. The van der Waals surface area contributed by atoms with Gasteiger partial charge >= 0.3 is 6.18 Å². The Balaban J connectivity index is 1.52. The first-order chi connectivity index (χ1) is 16.3. The van der Waals surface area contributed by atoms with E-state index in [0.717, 1.165) is 28.8 Å². The van der Waals surface area contributed by atoms with Gasteiger partial charge in [-0.05, 0) is 48.4 Å². The average Bonchev–Trinajstić information content (AvgIpc) is 3.33. The lowest BCUT2D eigenvalue weighted by molar-refractivity contribution is -0.137. The smallest absolute Gasteiger partial charge is 0.416 e. The highest BCUT2D eigenvalue weighted by molar-refractivity contribution is 5.56. The van der Waals surface area contributed by atoms with E-state index in [2.05, 4.69) is 15.1 Å². The van der Waals surface area contributed by atoms with Gasteiger partial charge in [0.15, 0.2) is 11.5 Å². The SMILES string of the molecule is COc1ccc(Cc2nccc(-c3cnn([C@@H](C)c4ccc(C(F)(F)F)cc4)c3)n2)cc1OC. The Morgan fingerprint density at radius 3 is 2.38 bits per heavy atom. The summed E-state index contributed by atoms with van der Waals surface area (Å²) in [5, 5.41) is 4.40. The fraction of sp³-hybridized carbons (Fsp3) is 0.240. The second kappa shape index (κ2) is 9.54. The molecule has 2 aromatic heterocycles. The van der Waals surface area contributed by atoms with Gasteiger partial charge in [0.1, 0.15) is 5.82 Å². The Labute approximate surface area is 195 Å². The number of alkyl halides is 3. The molecule has 0 spiro atoms. The van der Waals surface area contributed by atoms with Crippen LogP contribution in [0.4, 0.5) is 13.2 Å². The van der Waals surface area contributed by atoms with E-state index in [4.69, 9.17) is 9.47 Å². The molecule has 0 fully saturated rings. The molecule has 4 aromatic rings. The van der Waals surface area contributed by atoms with E-state index >= 15 is 0 Å². The monoisotopic (exact) mass is 468 g/mol. The predicted molar refractivity (Wildman–Crippen MR) is 121 cm³/mol. The van der Waals surface area contributed by atoms with Crippen LogP contribution >= 0.6 is 0 Å². The molecular weight excluding hydrogens is 445 g/mol. The first-order valence-electron chi connectivity index (χ1n) is 10.5. The molecule has 6 nitrogen and oxygen atoms in total. The van der Waals surface area contributed by atoms with E-state index in [0.29, 0.717) is 29.4 Å². The Hall–Kier alpha value is -3.88. The van der Waals surface area contributed by atoms with Crippen molar-refractivity contribution in [3.63, 3.8) is 0 Å². The van der Waals surface area contributed by atoms with E-state index in [1.54, 1.807) is 37.4 Å². The molecule has 2 aromatic carbocycles. The fourth-order valence-electron chi connectivity index (χ4n) is 3.60. The van der Waals surface area contributed by atoms with Crippen LogP contribution in [0.2, 0.25) is 0 Å². The third-order valence-electron chi connectivity index (χ3n) is 5.53. The van der Waals surface area contributed by atoms with Gasteiger partial charge in [-0.2, -0.15) is 18.3 Å². The van der Waals surface area contributed by atoms with E-state index in [1.807, 2.05) is 31.3 Å². The maximum absolute atomic E-state index is 12.8. The zero-order chi connectivity index (χ0) is 24.3. The Morgan fingerprint density at radius 2 is 1.71 bits per heavy atom. The number of methoxy groups -OCH3 is 2. The van der Waals surface area contributed by atoms with Crippen molar-refractivity contribution in [3.05, 3.63) is 89.6 Å². The molecular formula is C25H23F3N4O2. The minimum Gasteiger partial charge on any atom is -0.493 e. The van der Waals surface area contributed by atoms with Gasteiger partial charge in [0, 0.05) is 24.4 Å². The van der Waals surface area contributed by atoms with Crippen LogP contribution in [0.15, 0.2) is 67.1 Å². The van der Waals surface area contributed by atoms with Crippen molar-refractivity contribution in [1.82, 2.24) is 19.7 Å². The minimum atomic E-state index is -4.36. The topological polar surface area (TPSA) is 62.1 Å². The lowest BCUT2D eigenvalue weighted by Gasteiger charge is -2.14. The van der Waals surface area contributed by atoms with Crippen molar-refractivity contribution < 1.29 is 22.6 Å². The summed E-state index contributed by atoms with van der Waals surface area (Å²) in [6.45, 7) is 1.88. The molecule has 0 unspecified atom stereocenters. The maximum atomic E-state index is 12.8. The Morgan fingerprint density at radius 1 is 0.971 bits per heavy atom. The van der Waals surface area contributed by atoms with Crippen molar-refractivity contribution in [1.29, 1.82) is 0 Å². The van der Waals surface area contributed by atoms with Crippen LogP contribution in [0.25, 0.3) is 11.3 Å². The molecule has 0 radical (unpaired) electrons. The average molecular weight is 468 g/mol. The standard InChI is InChI=1S/C25H23F3N4O2/c1-16(18-5-7-20(8-6-18)25(26,27)28)32-15-19(14-30-32)21-10-11-29-24(31-21)13-17-4-9-22(33-2)23(12-17)34-3/h4-12,14-16H,13H2,1-3H3/t16-/m0/s1. The van der Waals surface area contributed by atoms with Gasteiger partial charge in [-0.25, -0.2) is 9.97 Å². The number of ether oxygens (including phenoxy) is 2. The lowest BCUT2D eigenvalue weighted by Crippen LogP contribution is -2.09. The van der Waals surface area contributed by atoms with E-state index < -0.39 is 11.7 Å². The highest BCUT2D eigenvalue weighted by atomic mass is 19.4. The highest BCUT2D eigenvalue weighted by Crippen LogP contribution is 2.31. The summed E-state index contributed by atoms with van der Waals surface area (Å²) in [6.07, 6.45) is 1.34. The van der Waals surface area contributed by atoms with Crippen LogP contribution in [-0.2, 0) is 12.6 Å². The quantitative estimate of drug-likeness (QED) is 0.355. The number of nitrogens with zero attached hydrogens (tertiary/aromatic N) is 4. The van der Waals surface area contributed by atoms with Gasteiger partial charge in [-0.1, -0.05) is 18.2 Å². The van der Waals surface area contributed by atoms with Crippen molar-refractivity contribution in [2.75, 3.05) is 14.2 Å². The van der Waals surface area contributed by atoms with Crippen LogP contribution in [0, 0.1) is 0 Å². The first kappa shape index (κ1) is 23.3. The van der Waals surface area contributed by atoms with Gasteiger partial charge in [0.05, 0.1) is 37.7 Å². The third kappa shape index (κ3) is 5.03. The van der Waals surface area contributed by atoms with Crippen LogP contribution in [-0.4, -0.2) is 34.0 Å². The molecule has 0 aliphatic heterocycles. The third-order valence-corrected chi connectivity index (χ3v) is 5.53. The van der Waals surface area contributed by atoms with Crippen LogP contribution in [0.3, 0.4) is 0 Å². The van der Waals surface area contributed by atoms with Crippen molar-refractivity contribution >= 4 is 0 Å². The largest absolute Gasteiger partial charge is 0.493 e. The van der Waals surface area contributed by atoms with Crippen molar-refractivity contribution in [3.8, 4) is 22.8 Å². The summed E-state index contributed by atoms with van der Waals surface area (Å²) < 4.78 is 50.8. The van der Waals surface area contributed by atoms with Gasteiger partial charge in [-0.15, -0.1) is 0 Å². The predicted octanol–water partition coefficient (Wildman–Crippen LogP) is 5.58. The number of halogens is 3. The second-order valence-corrected chi connectivity index (χ2v) is 7.73. The van der Waals surface area contributed by atoms with E-state index in [9.17, 15) is 13.2 Å². The summed E-state index contributed by atoms with van der Waals surface area (Å²) in [7, 11) is 3.17. The van der Waals surface area contributed by atoms with Gasteiger partial charge in [0.2, 0.25) is 0 Å². The fourth-order valence-corrected chi connectivity index (χ4v) is 3.60. The molecule has 0 bridgehead atoms. The van der Waals surface area contributed by atoms with Gasteiger partial charge < -0.3 is 9.47 Å². The number of rotatable bonds is 7. The van der Waals surface area contributed by atoms with Gasteiger partial charge in [-0.3, -0.25) is 4.68 Å². The second-order valence-electron chi connectivity index (χ2n) is 7.73. The molecule has 4 rings (SSSR count). The molecule has 0 N–H and O–H groups in total. The normalized spacial score (nSPS) is 12.4. The highest BCUT2D eigenvalue weighted by Gasteiger charge is 2.30. The molecule has 0 aliphatic carbocycles. The molecule has 34 heavy (non-hydrogen) atoms. The minimum absolute atomic E-state index is 0.246. The zero-order valence-electron chi connectivity index (χ0n) is 18.9.